The van der Waals surface area contributed by atoms with Gasteiger partial charge < -0.3 is 19.1 Å². The van der Waals surface area contributed by atoms with Crippen molar-refractivity contribution in [3.8, 4) is 11.4 Å². The Morgan fingerprint density at radius 3 is 2.69 bits per heavy atom. The fourth-order valence-electron chi connectivity index (χ4n) is 4.07. The van der Waals surface area contributed by atoms with E-state index in [-0.39, 0.29) is 30.2 Å². The van der Waals surface area contributed by atoms with Crippen LogP contribution in [0.4, 0.5) is 0 Å². The van der Waals surface area contributed by atoms with E-state index < -0.39 is 0 Å². The maximum absolute atomic E-state index is 13.4. The third-order valence-electron chi connectivity index (χ3n) is 6.00. The highest BCUT2D eigenvalue weighted by molar-refractivity contribution is 8.00. The van der Waals surface area contributed by atoms with Crippen LogP contribution < -0.4 is 0 Å². The van der Waals surface area contributed by atoms with Gasteiger partial charge in [-0.05, 0) is 55.7 Å². The number of carbonyl (C=O) groups is 2. The van der Waals surface area contributed by atoms with Crippen molar-refractivity contribution in [3.63, 3.8) is 0 Å². The summed E-state index contributed by atoms with van der Waals surface area (Å²) in [6.07, 6.45) is 2.56. The summed E-state index contributed by atoms with van der Waals surface area (Å²) in [7, 11) is 1.58. The standard InChI is InChI=1S/C26H29ClN4O4S/c1-34-16-15-30(24(33)18-36-21-7-3-2-4-8-21)17-23(32)31-14-6-5-9-22(31)26-28-25(29-35-26)19-10-12-20(27)13-11-19/h2-4,7-8,10-13,22H,5-6,9,14-18H2,1H3. The molecule has 1 aliphatic heterocycles. The summed E-state index contributed by atoms with van der Waals surface area (Å²) < 4.78 is 10.8. The molecule has 1 fully saturated rings. The summed E-state index contributed by atoms with van der Waals surface area (Å²) in [4.78, 5) is 35.3. The number of halogens is 1. The predicted octanol–water partition coefficient (Wildman–Crippen LogP) is 4.71. The highest BCUT2D eigenvalue weighted by Crippen LogP contribution is 2.31. The van der Waals surface area contributed by atoms with Gasteiger partial charge in [0.05, 0.1) is 18.9 Å². The lowest BCUT2D eigenvalue weighted by Crippen LogP contribution is -2.47. The van der Waals surface area contributed by atoms with Crippen molar-refractivity contribution < 1.29 is 18.8 Å². The van der Waals surface area contributed by atoms with Crippen molar-refractivity contribution in [2.75, 3.05) is 39.1 Å². The molecule has 1 aliphatic rings. The van der Waals surface area contributed by atoms with Crippen molar-refractivity contribution in [2.45, 2.75) is 30.2 Å². The SMILES string of the molecule is COCCN(CC(=O)N1CCCCC1c1nc(-c2ccc(Cl)cc2)no1)C(=O)CSc1ccccc1. The number of likely N-dealkylation sites (tertiary alicyclic amines) is 1. The maximum Gasteiger partial charge on any atom is 0.249 e. The Bertz CT molecular complexity index is 1140. The van der Waals surface area contributed by atoms with E-state index >= 15 is 0 Å². The minimum absolute atomic E-state index is 0.0216. The summed E-state index contributed by atoms with van der Waals surface area (Å²) in [6, 6.07) is 16.6. The molecule has 4 rings (SSSR count). The molecule has 2 heterocycles. The molecule has 8 nitrogen and oxygen atoms in total. The lowest BCUT2D eigenvalue weighted by atomic mass is 10.0. The number of amides is 2. The molecule has 190 valence electrons. The van der Waals surface area contributed by atoms with Gasteiger partial charge in [0, 0.05) is 35.7 Å². The summed E-state index contributed by atoms with van der Waals surface area (Å²) >= 11 is 7.43. The fourth-order valence-corrected chi connectivity index (χ4v) is 5.02. The molecule has 36 heavy (non-hydrogen) atoms. The minimum Gasteiger partial charge on any atom is -0.383 e. The summed E-state index contributed by atoms with van der Waals surface area (Å²) in [5.74, 6) is 0.862. The second-order valence-corrected chi connectivity index (χ2v) is 9.96. The van der Waals surface area contributed by atoms with Gasteiger partial charge in [-0.2, -0.15) is 4.98 Å². The van der Waals surface area contributed by atoms with Crippen LogP contribution in [0.1, 0.15) is 31.2 Å². The topological polar surface area (TPSA) is 88.8 Å². The van der Waals surface area contributed by atoms with E-state index in [9.17, 15) is 9.59 Å². The van der Waals surface area contributed by atoms with Gasteiger partial charge in [-0.15, -0.1) is 11.8 Å². The van der Waals surface area contributed by atoms with Crippen molar-refractivity contribution in [1.29, 1.82) is 0 Å². The van der Waals surface area contributed by atoms with Gasteiger partial charge in [0.2, 0.25) is 23.5 Å². The molecule has 1 unspecified atom stereocenters. The Morgan fingerprint density at radius 1 is 1.17 bits per heavy atom. The zero-order chi connectivity index (χ0) is 25.3. The van der Waals surface area contributed by atoms with Crippen LogP contribution in [0.15, 0.2) is 64.0 Å². The monoisotopic (exact) mass is 528 g/mol. The lowest BCUT2D eigenvalue weighted by molar-refractivity contribution is -0.142. The number of carbonyl (C=O) groups excluding carboxylic acids is 2. The Balaban J connectivity index is 1.44. The predicted molar refractivity (Wildman–Crippen MR) is 139 cm³/mol. The number of ether oxygens (including phenoxy) is 1. The molecule has 3 aromatic rings. The van der Waals surface area contributed by atoms with Crippen molar-refractivity contribution in [2.24, 2.45) is 0 Å². The van der Waals surface area contributed by atoms with Crippen LogP contribution in [-0.4, -0.2) is 70.9 Å². The first-order chi connectivity index (χ1) is 17.5. The molecular formula is C26H29ClN4O4S. The van der Waals surface area contributed by atoms with Crippen molar-refractivity contribution in [1.82, 2.24) is 19.9 Å². The van der Waals surface area contributed by atoms with Gasteiger partial charge >= 0.3 is 0 Å². The number of aromatic nitrogens is 2. The van der Waals surface area contributed by atoms with Gasteiger partial charge in [0.15, 0.2) is 0 Å². The van der Waals surface area contributed by atoms with E-state index in [0.29, 0.717) is 36.4 Å². The second kappa shape index (κ2) is 12.9. The zero-order valence-corrected chi connectivity index (χ0v) is 21.7. The zero-order valence-electron chi connectivity index (χ0n) is 20.1. The molecule has 0 saturated carbocycles. The average molecular weight is 529 g/mol. The van der Waals surface area contributed by atoms with Gasteiger partial charge in [-0.1, -0.05) is 35.0 Å². The number of hydrogen-bond acceptors (Lipinski definition) is 7. The summed E-state index contributed by atoms with van der Waals surface area (Å²) in [5, 5.41) is 4.74. The molecule has 0 spiro atoms. The number of rotatable bonds is 10. The smallest absolute Gasteiger partial charge is 0.249 e. The van der Waals surface area contributed by atoms with E-state index in [4.69, 9.17) is 20.9 Å². The average Bonchev–Trinajstić information content (AvgIpc) is 3.41. The molecule has 1 aromatic heterocycles. The van der Waals surface area contributed by atoms with Crippen LogP contribution in [0.5, 0.6) is 0 Å². The number of hydrogen-bond donors (Lipinski definition) is 0. The third kappa shape index (κ3) is 6.87. The van der Waals surface area contributed by atoms with Gasteiger partial charge in [0.25, 0.3) is 0 Å². The molecule has 0 bridgehead atoms. The van der Waals surface area contributed by atoms with Crippen LogP contribution in [-0.2, 0) is 14.3 Å². The summed E-state index contributed by atoms with van der Waals surface area (Å²) in [5.41, 5.74) is 0.787. The van der Waals surface area contributed by atoms with Gasteiger partial charge in [-0.25, -0.2) is 0 Å². The Kier molecular flexibility index (Phi) is 9.38. The molecule has 1 atom stereocenters. The number of benzene rings is 2. The van der Waals surface area contributed by atoms with E-state index in [1.54, 1.807) is 29.0 Å². The molecule has 0 radical (unpaired) electrons. The van der Waals surface area contributed by atoms with Crippen molar-refractivity contribution >= 4 is 35.2 Å². The van der Waals surface area contributed by atoms with Crippen molar-refractivity contribution in [3.05, 3.63) is 65.5 Å². The third-order valence-corrected chi connectivity index (χ3v) is 7.25. The van der Waals surface area contributed by atoms with Crippen LogP contribution in [0.3, 0.4) is 0 Å². The molecule has 2 amide bonds. The molecule has 10 heteroatoms. The summed E-state index contributed by atoms with van der Waals surface area (Å²) in [6.45, 7) is 1.25. The van der Waals surface area contributed by atoms with Crippen LogP contribution in [0.25, 0.3) is 11.4 Å². The highest BCUT2D eigenvalue weighted by atomic mass is 35.5. The molecule has 0 aliphatic carbocycles. The lowest BCUT2D eigenvalue weighted by Gasteiger charge is -2.35. The molecular weight excluding hydrogens is 500 g/mol. The molecule has 1 saturated heterocycles. The second-order valence-electron chi connectivity index (χ2n) is 8.47. The van der Waals surface area contributed by atoms with Crippen LogP contribution in [0.2, 0.25) is 5.02 Å². The largest absolute Gasteiger partial charge is 0.383 e. The van der Waals surface area contributed by atoms with Crippen LogP contribution in [0, 0.1) is 0 Å². The first-order valence-corrected chi connectivity index (χ1v) is 13.2. The maximum atomic E-state index is 13.4. The van der Waals surface area contributed by atoms with E-state index in [2.05, 4.69) is 10.1 Å². The number of thioether (sulfide) groups is 1. The Hall–Kier alpha value is -2.88. The molecule has 0 N–H and O–H groups in total. The first kappa shape index (κ1) is 26.2. The van der Waals surface area contributed by atoms with Gasteiger partial charge in [-0.3, -0.25) is 9.59 Å². The normalized spacial score (nSPS) is 15.6. The number of nitrogens with zero attached hydrogens (tertiary/aromatic N) is 4. The van der Waals surface area contributed by atoms with Crippen LogP contribution >= 0.6 is 23.4 Å². The fraction of sp³-hybridized carbons (Fsp3) is 0.385. The van der Waals surface area contributed by atoms with E-state index in [1.165, 1.54) is 11.8 Å². The number of methoxy groups -OCH3 is 1. The Labute approximate surface area is 219 Å². The first-order valence-electron chi connectivity index (χ1n) is 11.9. The minimum atomic E-state index is -0.321. The van der Waals surface area contributed by atoms with E-state index in [1.807, 2.05) is 42.5 Å². The quantitative estimate of drug-likeness (QED) is 0.352. The Morgan fingerprint density at radius 2 is 1.94 bits per heavy atom. The number of piperidine rings is 1. The highest BCUT2D eigenvalue weighted by Gasteiger charge is 2.33. The molecule has 2 aromatic carbocycles. The van der Waals surface area contributed by atoms with E-state index in [0.717, 1.165) is 29.7 Å². The van der Waals surface area contributed by atoms with Gasteiger partial charge in [0.1, 0.15) is 6.04 Å².